The lowest BCUT2D eigenvalue weighted by atomic mass is 10.1. The second kappa shape index (κ2) is 6.47. The number of hydrogen-bond donors (Lipinski definition) is 1. The number of thioether (sulfide) groups is 1. The van der Waals surface area contributed by atoms with Gasteiger partial charge in [-0.2, -0.15) is 0 Å². The zero-order chi connectivity index (χ0) is 14.5. The van der Waals surface area contributed by atoms with Crippen LogP contribution in [0.2, 0.25) is 0 Å². The summed E-state index contributed by atoms with van der Waals surface area (Å²) in [6.07, 6.45) is 1.81. The molecule has 0 atom stereocenters. The van der Waals surface area contributed by atoms with Crippen molar-refractivity contribution < 1.29 is 9.53 Å². The predicted molar refractivity (Wildman–Crippen MR) is 80.0 cm³/mol. The number of ether oxygens (including phenoxy) is 1. The van der Waals surface area contributed by atoms with Crippen molar-refractivity contribution in [3.63, 3.8) is 0 Å². The fourth-order valence-corrected chi connectivity index (χ4v) is 2.58. The Hall–Kier alpha value is -1.95. The highest BCUT2D eigenvalue weighted by Crippen LogP contribution is 2.26. The van der Waals surface area contributed by atoms with E-state index in [0.29, 0.717) is 5.75 Å². The van der Waals surface area contributed by atoms with Gasteiger partial charge in [0, 0.05) is 19.7 Å². The Morgan fingerprint density at radius 3 is 2.70 bits per heavy atom. The molecule has 0 spiro atoms. The third-order valence-corrected chi connectivity index (χ3v) is 3.99. The molecule has 5 nitrogen and oxygen atoms in total. The van der Waals surface area contributed by atoms with Crippen molar-refractivity contribution in [3.8, 4) is 17.0 Å². The first kappa shape index (κ1) is 14.5. The first-order valence-corrected chi connectivity index (χ1v) is 7.13. The van der Waals surface area contributed by atoms with Crippen molar-refractivity contribution in [2.75, 3.05) is 19.9 Å². The average Bonchev–Trinajstić information content (AvgIpc) is 2.86. The molecule has 0 aliphatic carbocycles. The van der Waals surface area contributed by atoms with Gasteiger partial charge in [0.05, 0.1) is 24.8 Å². The Bertz CT molecular complexity index is 593. The zero-order valence-corrected chi connectivity index (χ0v) is 12.5. The van der Waals surface area contributed by atoms with Gasteiger partial charge < -0.3 is 14.6 Å². The molecule has 2 rings (SSSR count). The molecule has 0 radical (unpaired) electrons. The SMILES string of the molecule is CNC(=O)CSc1ncc(-c2ccc(OC)cc2)n1C. The normalized spacial score (nSPS) is 10.3. The van der Waals surface area contributed by atoms with Gasteiger partial charge in [0.15, 0.2) is 5.16 Å². The molecule has 20 heavy (non-hydrogen) atoms. The summed E-state index contributed by atoms with van der Waals surface area (Å²) >= 11 is 1.42. The number of carbonyl (C=O) groups is 1. The van der Waals surface area contributed by atoms with Crippen molar-refractivity contribution in [1.29, 1.82) is 0 Å². The minimum atomic E-state index is -0.0102. The molecule has 0 unspecified atom stereocenters. The molecule has 0 saturated heterocycles. The number of hydrogen-bond acceptors (Lipinski definition) is 4. The van der Waals surface area contributed by atoms with Gasteiger partial charge in [-0.25, -0.2) is 4.98 Å². The highest BCUT2D eigenvalue weighted by atomic mass is 32.2. The summed E-state index contributed by atoms with van der Waals surface area (Å²) in [5.74, 6) is 1.18. The molecule has 1 heterocycles. The molecule has 6 heteroatoms. The lowest BCUT2D eigenvalue weighted by Gasteiger charge is -2.06. The number of aromatic nitrogens is 2. The lowest BCUT2D eigenvalue weighted by Crippen LogP contribution is -2.20. The summed E-state index contributed by atoms with van der Waals surface area (Å²) in [6.45, 7) is 0. The van der Waals surface area contributed by atoms with Gasteiger partial charge >= 0.3 is 0 Å². The van der Waals surface area contributed by atoms with Crippen LogP contribution in [0.15, 0.2) is 35.6 Å². The first-order chi connectivity index (χ1) is 9.65. The number of amides is 1. The highest BCUT2D eigenvalue weighted by molar-refractivity contribution is 7.99. The molecule has 0 aliphatic heterocycles. The fraction of sp³-hybridized carbons (Fsp3) is 0.286. The lowest BCUT2D eigenvalue weighted by molar-refractivity contribution is -0.118. The van der Waals surface area contributed by atoms with Crippen molar-refractivity contribution in [2.45, 2.75) is 5.16 Å². The van der Waals surface area contributed by atoms with Crippen LogP contribution in [0.3, 0.4) is 0 Å². The van der Waals surface area contributed by atoms with Crippen molar-refractivity contribution in [1.82, 2.24) is 14.9 Å². The van der Waals surface area contributed by atoms with Crippen LogP contribution in [0.1, 0.15) is 0 Å². The van der Waals surface area contributed by atoms with E-state index in [1.165, 1.54) is 11.8 Å². The van der Waals surface area contributed by atoms with E-state index in [9.17, 15) is 4.79 Å². The number of imidazole rings is 1. The van der Waals surface area contributed by atoms with E-state index in [-0.39, 0.29) is 5.91 Å². The molecule has 0 saturated carbocycles. The maximum absolute atomic E-state index is 11.3. The molecule has 1 aromatic heterocycles. The molecule has 1 aromatic carbocycles. The molecule has 0 bridgehead atoms. The van der Waals surface area contributed by atoms with Gasteiger partial charge in [-0.15, -0.1) is 0 Å². The molecule has 0 aliphatic rings. The van der Waals surface area contributed by atoms with E-state index in [2.05, 4.69) is 10.3 Å². The molecule has 106 valence electrons. The summed E-state index contributed by atoms with van der Waals surface area (Å²) < 4.78 is 7.13. The number of nitrogens with one attached hydrogen (secondary N) is 1. The van der Waals surface area contributed by atoms with E-state index < -0.39 is 0 Å². The predicted octanol–water partition coefficient (Wildman–Crippen LogP) is 1.93. The fourth-order valence-electron chi connectivity index (χ4n) is 1.76. The molecule has 1 amide bonds. The van der Waals surface area contributed by atoms with E-state index in [1.54, 1.807) is 14.2 Å². The van der Waals surface area contributed by atoms with Crippen LogP contribution in [0, 0.1) is 0 Å². The second-order valence-corrected chi connectivity index (χ2v) is 5.12. The Morgan fingerprint density at radius 2 is 2.10 bits per heavy atom. The number of rotatable bonds is 5. The number of methoxy groups -OCH3 is 1. The van der Waals surface area contributed by atoms with E-state index in [0.717, 1.165) is 22.2 Å². The van der Waals surface area contributed by atoms with Crippen molar-refractivity contribution in [2.24, 2.45) is 7.05 Å². The number of nitrogens with zero attached hydrogens (tertiary/aromatic N) is 2. The standard InChI is InChI=1S/C14H17N3O2S/c1-15-13(18)9-20-14-16-8-12(17(14)2)10-4-6-11(19-3)7-5-10/h4-8H,9H2,1-3H3,(H,15,18). The molecular formula is C14H17N3O2S. The van der Waals surface area contributed by atoms with Gasteiger partial charge in [0.2, 0.25) is 5.91 Å². The summed E-state index contributed by atoms with van der Waals surface area (Å²) in [5.41, 5.74) is 2.07. The van der Waals surface area contributed by atoms with Crippen LogP contribution in [0.5, 0.6) is 5.75 Å². The Labute approximate surface area is 122 Å². The van der Waals surface area contributed by atoms with E-state index in [4.69, 9.17) is 4.74 Å². The van der Waals surface area contributed by atoms with E-state index in [1.807, 2.05) is 42.1 Å². The zero-order valence-electron chi connectivity index (χ0n) is 11.7. The van der Waals surface area contributed by atoms with Gasteiger partial charge in [-0.05, 0) is 24.3 Å². The molecule has 1 N–H and O–H groups in total. The van der Waals surface area contributed by atoms with E-state index >= 15 is 0 Å². The average molecular weight is 291 g/mol. The minimum absolute atomic E-state index is 0.0102. The van der Waals surface area contributed by atoms with Gasteiger partial charge in [0.25, 0.3) is 0 Å². The van der Waals surface area contributed by atoms with Crippen LogP contribution in [-0.2, 0) is 11.8 Å². The van der Waals surface area contributed by atoms with Gasteiger partial charge in [-0.1, -0.05) is 11.8 Å². The maximum Gasteiger partial charge on any atom is 0.230 e. The van der Waals surface area contributed by atoms with Crippen molar-refractivity contribution >= 4 is 17.7 Å². The third-order valence-electron chi connectivity index (χ3n) is 2.94. The maximum atomic E-state index is 11.3. The Balaban J connectivity index is 2.16. The summed E-state index contributed by atoms with van der Waals surface area (Å²) in [7, 11) is 5.22. The van der Waals surface area contributed by atoms with Crippen LogP contribution >= 0.6 is 11.8 Å². The molecule has 2 aromatic rings. The summed E-state index contributed by atoms with van der Waals surface area (Å²) in [6, 6.07) is 7.81. The second-order valence-electron chi connectivity index (χ2n) is 4.18. The monoisotopic (exact) mass is 291 g/mol. The van der Waals surface area contributed by atoms with Crippen molar-refractivity contribution in [3.05, 3.63) is 30.5 Å². The first-order valence-electron chi connectivity index (χ1n) is 6.15. The van der Waals surface area contributed by atoms with Gasteiger partial charge in [0.1, 0.15) is 5.75 Å². The number of carbonyl (C=O) groups excluding carboxylic acids is 1. The molecule has 0 fully saturated rings. The quantitative estimate of drug-likeness (QED) is 0.855. The largest absolute Gasteiger partial charge is 0.497 e. The van der Waals surface area contributed by atoms with Crippen LogP contribution in [-0.4, -0.2) is 35.4 Å². The topological polar surface area (TPSA) is 56.1 Å². The smallest absolute Gasteiger partial charge is 0.230 e. The summed E-state index contributed by atoms with van der Waals surface area (Å²) in [4.78, 5) is 15.6. The molecular weight excluding hydrogens is 274 g/mol. The van der Waals surface area contributed by atoms with Crippen LogP contribution in [0.25, 0.3) is 11.3 Å². The third kappa shape index (κ3) is 3.14. The van der Waals surface area contributed by atoms with Gasteiger partial charge in [-0.3, -0.25) is 4.79 Å². The number of benzene rings is 1. The Morgan fingerprint density at radius 1 is 1.40 bits per heavy atom. The van der Waals surface area contributed by atoms with Crippen LogP contribution < -0.4 is 10.1 Å². The Kier molecular flexibility index (Phi) is 4.68. The van der Waals surface area contributed by atoms with Crippen LogP contribution in [0.4, 0.5) is 0 Å². The minimum Gasteiger partial charge on any atom is -0.497 e. The highest BCUT2D eigenvalue weighted by Gasteiger charge is 2.10. The summed E-state index contributed by atoms with van der Waals surface area (Å²) in [5, 5.41) is 3.41.